The van der Waals surface area contributed by atoms with Gasteiger partial charge in [-0.1, -0.05) is 24.4 Å². The van der Waals surface area contributed by atoms with Crippen LogP contribution in [0.2, 0.25) is 5.02 Å². The Morgan fingerprint density at radius 2 is 1.93 bits per heavy atom. The molecule has 1 aromatic rings. The third-order valence-electron chi connectivity index (χ3n) is 3.05. The lowest BCUT2D eigenvalue weighted by Gasteiger charge is -2.24. The highest BCUT2D eigenvalue weighted by Gasteiger charge is 2.32. The highest BCUT2D eigenvalue weighted by Crippen LogP contribution is 2.39. The third kappa shape index (κ3) is 2.05. The van der Waals surface area contributed by atoms with Crippen LogP contribution in [0.3, 0.4) is 0 Å². The standard InChI is InChI=1S/C11H12BrClFN/c12-10-8(13)5-7(6-9(10)14)11(15)3-1-2-4-11/h5-6H,1-4,15H2. The molecule has 0 atom stereocenters. The molecule has 0 spiro atoms. The van der Waals surface area contributed by atoms with Gasteiger partial charge < -0.3 is 5.73 Å². The second-order valence-corrected chi connectivity index (χ2v) is 5.32. The summed E-state index contributed by atoms with van der Waals surface area (Å²) in [6, 6.07) is 3.25. The Morgan fingerprint density at radius 1 is 1.33 bits per heavy atom. The van der Waals surface area contributed by atoms with E-state index in [1.165, 1.54) is 6.07 Å². The molecule has 0 heterocycles. The van der Waals surface area contributed by atoms with E-state index in [4.69, 9.17) is 17.3 Å². The van der Waals surface area contributed by atoms with Gasteiger partial charge in [0.05, 0.1) is 9.50 Å². The van der Waals surface area contributed by atoms with Gasteiger partial charge in [0, 0.05) is 5.54 Å². The molecule has 1 saturated carbocycles. The second kappa shape index (κ2) is 4.04. The van der Waals surface area contributed by atoms with Crippen LogP contribution < -0.4 is 5.73 Å². The molecule has 82 valence electrons. The zero-order valence-corrected chi connectivity index (χ0v) is 10.5. The summed E-state index contributed by atoms with van der Waals surface area (Å²) in [5.41, 5.74) is 6.65. The van der Waals surface area contributed by atoms with Crippen molar-refractivity contribution in [1.82, 2.24) is 0 Å². The lowest BCUT2D eigenvalue weighted by atomic mass is 9.89. The Labute approximate surface area is 102 Å². The lowest BCUT2D eigenvalue weighted by Crippen LogP contribution is -2.33. The topological polar surface area (TPSA) is 26.0 Å². The molecule has 1 nitrogen and oxygen atoms in total. The van der Waals surface area contributed by atoms with Crippen LogP contribution in [0.5, 0.6) is 0 Å². The average Bonchev–Trinajstić information content (AvgIpc) is 2.62. The largest absolute Gasteiger partial charge is 0.321 e. The van der Waals surface area contributed by atoms with Crippen LogP contribution in [-0.4, -0.2) is 0 Å². The normalized spacial score (nSPS) is 19.5. The fraction of sp³-hybridized carbons (Fsp3) is 0.455. The molecule has 0 saturated heterocycles. The van der Waals surface area contributed by atoms with Crippen molar-refractivity contribution in [2.24, 2.45) is 5.73 Å². The van der Waals surface area contributed by atoms with E-state index in [0.717, 1.165) is 31.2 Å². The van der Waals surface area contributed by atoms with Crippen LogP contribution in [0.15, 0.2) is 16.6 Å². The van der Waals surface area contributed by atoms with Crippen molar-refractivity contribution in [3.8, 4) is 0 Å². The van der Waals surface area contributed by atoms with Gasteiger partial charge in [-0.2, -0.15) is 0 Å². The van der Waals surface area contributed by atoms with E-state index in [1.54, 1.807) is 6.07 Å². The molecule has 0 aliphatic heterocycles. The highest BCUT2D eigenvalue weighted by atomic mass is 79.9. The molecule has 1 aliphatic carbocycles. The summed E-state index contributed by atoms with van der Waals surface area (Å²) >= 11 is 9.01. The summed E-state index contributed by atoms with van der Waals surface area (Å²) in [6.07, 6.45) is 4.02. The molecule has 1 aliphatic rings. The van der Waals surface area contributed by atoms with Crippen molar-refractivity contribution >= 4 is 27.5 Å². The van der Waals surface area contributed by atoms with Crippen molar-refractivity contribution in [3.63, 3.8) is 0 Å². The van der Waals surface area contributed by atoms with E-state index < -0.39 is 0 Å². The Bertz CT molecular complexity index is 365. The Balaban J connectivity index is 2.45. The summed E-state index contributed by atoms with van der Waals surface area (Å²) in [7, 11) is 0. The van der Waals surface area contributed by atoms with E-state index in [0.29, 0.717) is 9.50 Å². The number of nitrogens with two attached hydrogens (primary N) is 1. The molecule has 0 amide bonds. The first-order chi connectivity index (χ1) is 7.03. The maximum Gasteiger partial charge on any atom is 0.139 e. The zero-order chi connectivity index (χ0) is 11.1. The predicted molar refractivity (Wildman–Crippen MR) is 63.4 cm³/mol. The molecular formula is C11H12BrClFN. The van der Waals surface area contributed by atoms with Crippen molar-refractivity contribution < 1.29 is 4.39 Å². The predicted octanol–water partition coefficient (Wildman–Crippen LogP) is 3.97. The first-order valence-corrected chi connectivity index (χ1v) is 6.14. The van der Waals surface area contributed by atoms with Crippen LogP contribution >= 0.6 is 27.5 Å². The van der Waals surface area contributed by atoms with Crippen molar-refractivity contribution in [2.45, 2.75) is 31.2 Å². The molecule has 0 unspecified atom stereocenters. The average molecular weight is 293 g/mol. The van der Waals surface area contributed by atoms with Crippen LogP contribution in [0.4, 0.5) is 4.39 Å². The fourth-order valence-electron chi connectivity index (χ4n) is 2.14. The van der Waals surface area contributed by atoms with E-state index in [9.17, 15) is 4.39 Å². The Morgan fingerprint density at radius 3 is 2.47 bits per heavy atom. The maximum atomic E-state index is 13.5. The van der Waals surface area contributed by atoms with E-state index in [1.807, 2.05) is 0 Å². The third-order valence-corrected chi connectivity index (χ3v) is 4.39. The summed E-state index contributed by atoms with van der Waals surface area (Å²) in [6.45, 7) is 0. The maximum absolute atomic E-state index is 13.5. The van der Waals surface area contributed by atoms with Gasteiger partial charge in [-0.05, 0) is 46.5 Å². The number of rotatable bonds is 1. The van der Waals surface area contributed by atoms with Gasteiger partial charge in [0.15, 0.2) is 0 Å². The second-order valence-electron chi connectivity index (χ2n) is 4.12. The minimum Gasteiger partial charge on any atom is -0.321 e. The molecule has 0 bridgehead atoms. The van der Waals surface area contributed by atoms with Gasteiger partial charge in [0.25, 0.3) is 0 Å². The summed E-state index contributed by atoms with van der Waals surface area (Å²) < 4.78 is 13.8. The smallest absolute Gasteiger partial charge is 0.139 e. The van der Waals surface area contributed by atoms with Gasteiger partial charge in [0.1, 0.15) is 5.82 Å². The minimum atomic E-state index is -0.384. The number of hydrogen-bond donors (Lipinski definition) is 1. The van der Waals surface area contributed by atoms with E-state index >= 15 is 0 Å². The molecule has 15 heavy (non-hydrogen) atoms. The first-order valence-electron chi connectivity index (χ1n) is 4.97. The molecule has 2 rings (SSSR count). The summed E-state index contributed by atoms with van der Waals surface area (Å²) in [5, 5.41) is 0.390. The lowest BCUT2D eigenvalue weighted by molar-refractivity contribution is 0.457. The highest BCUT2D eigenvalue weighted by molar-refractivity contribution is 9.10. The summed E-state index contributed by atoms with van der Waals surface area (Å²) in [4.78, 5) is 0. The number of hydrogen-bond acceptors (Lipinski definition) is 1. The number of halogens is 3. The van der Waals surface area contributed by atoms with Gasteiger partial charge >= 0.3 is 0 Å². The van der Waals surface area contributed by atoms with Gasteiger partial charge in [0.2, 0.25) is 0 Å². The molecule has 1 aromatic carbocycles. The van der Waals surface area contributed by atoms with Gasteiger partial charge in [-0.3, -0.25) is 0 Å². The molecule has 0 aromatic heterocycles. The Hall–Kier alpha value is -0.120. The van der Waals surface area contributed by atoms with Crippen LogP contribution in [0, 0.1) is 5.82 Å². The van der Waals surface area contributed by atoms with Crippen LogP contribution in [0.25, 0.3) is 0 Å². The molecule has 2 N–H and O–H groups in total. The minimum absolute atomic E-state index is 0.314. The van der Waals surface area contributed by atoms with Crippen molar-refractivity contribution in [1.29, 1.82) is 0 Å². The fourth-order valence-corrected chi connectivity index (χ4v) is 2.57. The summed E-state index contributed by atoms with van der Waals surface area (Å²) in [5.74, 6) is -0.339. The van der Waals surface area contributed by atoms with Crippen LogP contribution in [0.1, 0.15) is 31.2 Å². The molecule has 4 heteroatoms. The van der Waals surface area contributed by atoms with Gasteiger partial charge in [-0.25, -0.2) is 4.39 Å². The van der Waals surface area contributed by atoms with Crippen molar-refractivity contribution in [2.75, 3.05) is 0 Å². The SMILES string of the molecule is NC1(c2cc(F)c(Br)c(Cl)c2)CCCC1. The van der Waals surface area contributed by atoms with E-state index in [-0.39, 0.29) is 11.4 Å². The molecular weight excluding hydrogens is 280 g/mol. The molecule has 1 fully saturated rings. The quantitative estimate of drug-likeness (QED) is 0.779. The van der Waals surface area contributed by atoms with Crippen LogP contribution in [-0.2, 0) is 5.54 Å². The monoisotopic (exact) mass is 291 g/mol. The Kier molecular flexibility index (Phi) is 3.06. The van der Waals surface area contributed by atoms with Gasteiger partial charge in [-0.15, -0.1) is 0 Å². The van der Waals surface area contributed by atoms with Crippen molar-refractivity contribution in [3.05, 3.63) is 33.0 Å². The zero-order valence-electron chi connectivity index (χ0n) is 8.19. The first kappa shape index (κ1) is 11.4. The molecule has 0 radical (unpaired) electrons. The number of benzene rings is 1. The van der Waals surface area contributed by atoms with E-state index in [2.05, 4.69) is 15.9 Å².